The van der Waals surface area contributed by atoms with Crippen molar-refractivity contribution >= 4 is 0 Å². The van der Waals surface area contributed by atoms with Gasteiger partial charge in [-0.2, -0.15) is 5.10 Å². The lowest BCUT2D eigenvalue weighted by atomic mass is 10.1. The number of nitrogens with zero attached hydrogens (tertiary/aromatic N) is 5. The minimum atomic E-state index is 0.212. The Balaban J connectivity index is 1.31. The van der Waals surface area contributed by atoms with Crippen molar-refractivity contribution in [3.63, 3.8) is 0 Å². The van der Waals surface area contributed by atoms with E-state index in [4.69, 9.17) is 9.72 Å². The van der Waals surface area contributed by atoms with Gasteiger partial charge in [0.1, 0.15) is 18.2 Å². The first-order chi connectivity index (χ1) is 15.4. The van der Waals surface area contributed by atoms with E-state index in [1.54, 1.807) is 18.6 Å². The number of H-pyrrole nitrogens is 1. The number of benzene rings is 1. The largest absolute Gasteiger partial charge is 0.489 e. The molecule has 1 saturated heterocycles. The van der Waals surface area contributed by atoms with Gasteiger partial charge in [0.05, 0.1) is 6.04 Å². The molecule has 0 radical (unpaired) electrons. The Labute approximate surface area is 181 Å². The number of pyridine rings is 2. The standard InChI is InChI=1S/C24H24N6O/c1-2-10-22(31-17-18-6-3-11-25-14-18)20(7-1)16-30-13-5-9-21(30)24-27-23(28-29-24)19-8-4-12-26-15-19/h1-4,6-8,10-12,14-15,21H,5,9,13,16-17H2,(H,27,28,29). The first-order valence-electron chi connectivity index (χ1n) is 10.5. The van der Waals surface area contributed by atoms with E-state index >= 15 is 0 Å². The van der Waals surface area contributed by atoms with Crippen LogP contribution < -0.4 is 4.74 Å². The fourth-order valence-corrected chi connectivity index (χ4v) is 4.01. The van der Waals surface area contributed by atoms with Gasteiger partial charge in [-0.05, 0) is 43.7 Å². The van der Waals surface area contributed by atoms with E-state index in [2.05, 4.69) is 37.2 Å². The zero-order valence-electron chi connectivity index (χ0n) is 17.2. The molecular weight excluding hydrogens is 388 g/mol. The first kappa shape index (κ1) is 19.4. The van der Waals surface area contributed by atoms with Crippen LogP contribution in [0.25, 0.3) is 11.4 Å². The summed E-state index contributed by atoms with van der Waals surface area (Å²) in [5, 5.41) is 7.57. The van der Waals surface area contributed by atoms with Crippen LogP contribution >= 0.6 is 0 Å². The van der Waals surface area contributed by atoms with Gasteiger partial charge in [-0.15, -0.1) is 0 Å². The van der Waals surface area contributed by atoms with E-state index < -0.39 is 0 Å². The molecule has 1 unspecified atom stereocenters. The van der Waals surface area contributed by atoms with Crippen LogP contribution in [0.5, 0.6) is 5.75 Å². The van der Waals surface area contributed by atoms with E-state index in [0.717, 1.165) is 48.6 Å². The molecule has 1 aromatic carbocycles. The van der Waals surface area contributed by atoms with Crippen molar-refractivity contribution in [1.82, 2.24) is 30.0 Å². The summed E-state index contributed by atoms with van der Waals surface area (Å²) in [6.07, 6.45) is 9.34. The molecule has 1 N–H and O–H groups in total. The van der Waals surface area contributed by atoms with Crippen LogP contribution in [-0.2, 0) is 13.2 Å². The summed E-state index contributed by atoms with van der Waals surface area (Å²) in [6.45, 7) is 2.33. The van der Waals surface area contributed by atoms with E-state index in [1.807, 2.05) is 42.6 Å². The summed E-state index contributed by atoms with van der Waals surface area (Å²) in [4.78, 5) is 15.5. The van der Waals surface area contributed by atoms with E-state index in [-0.39, 0.29) is 6.04 Å². The minimum Gasteiger partial charge on any atom is -0.489 e. The van der Waals surface area contributed by atoms with Gasteiger partial charge in [-0.3, -0.25) is 20.0 Å². The summed E-state index contributed by atoms with van der Waals surface area (Å²) in [5.74, 6) is 2.51. The van der Waals surface area contributed by atoms with Crippen LogP contribution in [0, 0.1) is 0 Å². The van der Waals surface area contributed by atoms with Gasteiger partial charge in [0.15, 0.2) is 5.82 Å². The molecule has 7 heteroatoms. The van der Waals surface area contributed by atoms with Crippen LogP contribution in [-0.4, -0.2) is 36.6 Å². The molecule has 1 aliphatic heterocycles. The molecule has 1 aliphatic rings. The van der Waals surface area contributed by atoms with Gasteiger partial charge in [-0.25, -0.2) is 4.98 Å². The molecular formula is C24H24N6O. The maximum absolute atomic E-state index is 6.13. The molecule has 1 atom stereocenters. The van der Waals surface area contributed by atoms with Crippen molar-refractivity contribution in [3.8, 4) is 17.1 Å². The Bertz CT molecular complexity index is 1120. The van der Waals surface area contributed by atoms with Crippen LogP contribution in [0.2, 0.25) is 0 Å². The average Bonchev–Trinajstić information content (AvgIpc) is 3.49. The lowest BCUT2D eigenvalue weighted by molar-refractivity contribution is 0.232. The molecule has 0 spiro atoms. The van der Waals surface area contributed by atoms with Crippen molar-refractivity contribution in [2.24, 2.45) is 0 Å². The van der Waals surface area contributed by atoms with Crippen molar-refractivity contribution in [2.45, 2.75) is 32.0 Å². The van der Waals surface area contributed by atoms with Crippen LogP contribution in [0.1, 0.15) is 35.8 Å². The number of hydrogen-bond acceptors (Lipinski definition) is 6. The topological polar surface area (TPSA) is 79.8 Å². The number of rotatable bonds is 7. The number of para-hydroxylation sites is 1. The number of aromatic nitrogens is 5. The SMILES string of the molecule is c1cncc(COc2ccccc2CN2CCCC2c2nc(-c3cccnc3)n[nH]2)c1. The number of likely N-dealkylation sites (tertiary alicyclic amines) is 1. The minimum absolute atomic E-state index is 0.212. The fourth-order valence-electron chi connectivity index (χ4n) is 4.01. The highest BCUT2D eigenvalue weighted by molar-refractivity contribution is 5.52. The molecule has 4 aromatic rings. The van der Waals surface area contributed by atoms with Crippen molar-refractivity contribution in [1.29, 1.82) is 0 Å². The second-order valence-corrected chi connectivity index (χ2v) is 7.67. The second-order valence-electron chi connectivity index (χ2n) is 7.67. The van der Waals surface area contributed by atoms with Crippen molar-refractivity contribution < 1.29 is 4.74 Å². The quantitative estimate of drug-likeness (QED) is 0.491. The summed E-state index contributed by atoms with van der Waals surface area (Å²) in [6, 6.07) is 16.3. The maximum Gasteiger partial charge on any atom is 0.182 e. The summed E-state index contributed by atoms with van der Waals surface area (Å²) < 4.78 is 6.13. The predicted octanol–water partition coefficient (Wildman–Crippen LogP) is 4.18. The van der Waals surface area contributed by atoms with Gasteiger partial charge in [-0.1, -0.05) is 24.3 Å². The highest BCUT2D eigenvalue weighted by Crippen LogP contribution is 2.33. The number of hydrogen-bond donors (Lipinski definition) is 1. The van der Waals surface area contributed by atoms with Gasteiger partial charge in [0.25, 0.3) is 0 Å². The molecule has 31 heavy (non-hydrogen) atoms. The predicted molar refractivity (Wildman–Crippen MR) is 117 cm³/mol. The maximum atomic E-state index is 6.13. The smallest absolute Gasteiger partial charge is 0.182 e. The Morgan fingerprint density at radius 2 is 1.87 bits per heavy atom. The van der Waals surface area contributed by atoms with Crippen molar-refractivity contribution in [2.75, 3.05) is 6.54 Å². The molecule has 5 rings (SSSR count). The average molecular weight is 412 g/mol. The summed E-state index contributed by atoms with van der Waals surface area (Å²) in [7, 11) is 0. The normalized spacial score (nSPS) is 16.5. The van der Waals surface area contributed by atoms with Crippen LogP contribution in [0.15, 0.2) is 73.3 Å². The van der Waals surface area contributed by atoms with E-state index in [1.165, 1.54) is 5.56 Å². The number of nitrogens with one attached hydrogen (secondary N) is 1. The highest BCUT2D eigenvalue weighted by Gasteiger charge is 2.29. The molecule has 7 nitrogen and oxygen atoms in total. The van der Waals surface area contributed by atoms with Crippen LogP contribution in [0.4, 0.5) is 0 Å². The van der Waals surface area contributed by atoms with E-state index in [0.29, 0.717) is 12.4 Å². The molecule has 1 fully saturated rings. The Kier molecular flexibility index (Phi) is 5.66. The summed E-state index contributed by atoms with van der Waals surface area (Å²) >= 11 is 0. The Morgan fingerprint density at radius 3 is 2.71 bits per heavy atom. The third-order valence-electron chi connectivity index (χ3n) is 5.56. The Morgan fingerprint density at radius 1 is 1.00 bits per heavy atom. The van der Waals surface area contributed by atoms with Gasteiger partial charge in [0.2, 0.25) is 0 Å². The monoisotopic (exact) mass is 412 g/mol. The van der Waals surface area contributed by atoms with E-state index in [9.17, 15) is 0 Å². The zero-order chi connectivity index (χ0) is 20.9. The van der Waals surface area contributed by atoms with Gasteiger partial charge >= 0.3 is 0 Å². The number of aromatic amines is 1. The molecule has 3 aromatic heterocycles. The van der Waals surface area contributed by atoms with Gasteiger partial charge in [0, 0.05) is 48.0 Å². The fraction of sp³-hybridized carbons (Fsp3) is 0.250. The third-order valence-corrected chi connectivity index (χ3v) is 5.56. The number of ether oxygens (including phenoxy) is 1. The first-order valence-corrected chi connectivity index (χ1v) is 10.5. The van der Waals surface area contributed by atoms with Crippen LogP contribution in [0.3, 0.4) is 0 Å². The lowest BCUT2D eigenvalue weighted by Crippen LogP contribution is -2.24. The third kappa shape index (κ3) is 4.46. The second kappa shape index (κ2) is 9.06. The van der Waals surface area contributed by atoms with Gasteiger partial charge < -0.3 is 4.74 Å². The van der Waals surface area contributed by atoms with Crippen molar-refractivity contribution in [3.05, 3.63) is 90.3 Å². The molecule has 0 bridgehead atoms. The highest BCUT2D eigenvalue weighted by atomic mass is 16.5. The summed E-state index contributed by atoms with van der Waals surface area (Å²) in [5.41, 5.74) is 3.15. The lowest BCUT2D eigenvalue weighted by Gasteiger charge is -2.23. The molecule has 0 aliphatic carbocycles. The zero-order valence-corrected chi connectivity index (χ0v) is 17.2. The molecule has 4 heterocycles. The molecule has 156 valence electrons. The Hall–Kier alpha value is -3.58. The molecule has 0 amide bonds. The molecule has 0 saturated carbocycles.